The Balaban J connectivity index is 3.23. The maximum atomic E-state index is 11.2. The molecule has 0 saturated carbocycles. The van der Waals surface area contributed by atoms with E-state index in [0.717, 1.165) is 6.07 Å². The number of carbonyl (C=O) groups is 2. The van der Waals surface area contributed by atoms with Gasteiger partial charge in [-0.3, -0.25) is 14.9 Å². The molecule has 0 bridgehead atoms. The second kappa shape index (κ2) is 5.26. The van der Waals surface area contributed by atoms with Crippen LogP contribution in [0.1, 0.15) is 24.2 Å². The molecule has 0 spiro atoms. The molecule has 0 atom stereocenters. The van der Waals surface area contributed by atoms with Crippen LogP contribution in [0.2, 0.25) is 0 Å². The summed E-state index contributed by atoms with van der Waals surface area (Å²) < 4.78 is 5.20. The van der Waals surface area contributed by atoms with Crippen molar-refractivity contribution in [2.24, 2.45) is 0 Å². The van der Waals surface area contributed by atoms with Crippen molar-refractivity contribution < 1.29 is 24.4 Å². The number of carboxylic acids is 1. The lowest BCUT2D eigenvalue weighted by Crippen LogP contribution is -2.13. The molecule has 0 aliphatic carbocycles. The van der Waals surface area contributed by atoms with Crippen LogP contribution in [-0.4, -0.2) is 27.9 Å². The van der Waals surface area contributed by atoms with Gasteiger partial charge in [0.05, 0.1) is 11.0 Å². The molecule has 0 fully saturated rings. The number of rotatable bonds is 5. The number of nitro benzene ring substituents is 1. The summed E-state index contributed by atoms with van der Waals surface area (Å²) in [5, 5.41) is 19.3. The minimum absolute atomic E-state index is 0.00283. The minimum Gasteiger partial charge on any atom is -0.484 e. The van der Waals surface area contributed by atoms with E-state index in [9.17, 15) is 19.7 Å². The molecular formula is C11H11NO6. The average Bonchev–Trinajstić information content (AvgIpc) is 2.27. The van der Waals surface area contributed by atoms with Crippen molar-refractivity contribution in [3.05, 3.63) is 33.9 Å². The van der Waals surface area contributed by atoms with Gasteiger partial charge in [0.1, 0.15) is 0 Å². The number of nitrogens with zero attached hydrogens (tertiary/aromatic N) is 1. The first-order valence-corrected chi connectivity index (χ1v) is 5.05. The predicted octanol–water partition coefficient (Wildman–Crippen LogP) is 1.65. The molecule has 0 unspecified atom stereocenters. The molecule has 0 heterocycles. The van der Waals surface area contributed by atoms with Crippen molar-refractivity contribution in [2.75, 3.05) is 0 Å². The Kier molecular flexibility index (Phi) is 3.98. The molecule has 0 radical (unpaired) electrons. The summed E-state index contributed by atoms with van der Waals surface area (Å²) in [5.41, 5.74) is -0.693. The summed E-state index contributed by atoms with van der Waals surface area (Å²) in [7, 11) is 0. The first-order chi connectivity index (χ1) is 8.32. The van der Waals surface area contributed by atoms with Gasteiger partial charge in [0.25, 0.3) is 5.78 Å². The molecule has 1 N–H and O–H groups in total. The summed E-state index contributed by atoms with van der Waals surface area (Å²) in [4.78, 5) is 31.8. The number of ketones is 1. The Hall–Kier alpha value is -2.44. The third-order valence-corrected chi connectivity index (χ3v) is 1.97. The lowest BCUT2D eigenvalue weighted by atomic mass is 10.1. The summed E-state index contributed by atoms with van der Waals surface area (Å²) >= 11 is 0. The van der Waals surface area contributed by atoms with Crippen LogP contribution < -0.4 is 4.74 Å². The van der Waals surface area contributed by atoms with E-state index in [-0.39, 0.29) is 17.4 Å². The molecule has 96 valence electrons. The number of aliphatic carboxylic acids is 1. The zero-order valence-corrected chi connectivity index (χ0v) is 9.75. The normalized spacial score (nSPS) is 10.2. The first kappa shape index (κ1) is 13.6. The Morgan fingerprint density at radius 2 is 2.00 bits per heavy atom. The molecule has 1 rings (SSSR count). The number of carboxylic acid groups (broad SMARTS) is 1. The highest BCUT2D eigenvalue weighted by Crippen LogP contribution is 2.29. The smallest absolute Gasteiger partial charge is 0.377 e. The highest BCUT2D eigenvalue weighted by molar-refractivity contribution is 6.39. The Morgan fingerprint density at radius 3 is 2.44 bits per heavy atom. The fourth-order valence-electron chi connectivity index (χ4n) is 1.28. The number of nitro groups is 1. The highest BCUT2D eigenvalue weighted by atomic mass is 16.6. The van der Waals surface area contributed by atoms with E-state index in [1.165, 1.54) is 12.1 Å². The SMILES string of the molecule is CC(C)Oc1ccc(C(=O)C(=O)O)cc1[N+](=O)[O-]. The van der Waals surface area contributed by atoms with Gasteiger partial charge in [-0.25, -0.2) is 4.79 Å². The van der Waals surface area contributed by atoms with E-state index in [2.05, 4.69) is 0 Å². The fourth-order valence-corrected chi connectivity index (χ4v) is 1.28. The average molecular weight is 253 g/mol. The zero-order chi connectivity index (χ0) is 13.9. The maximum absolute atomic E-state index is 11.2. The van der Waals surface area contributed by atoms with E-state index < -0.39 is 22.4 Å². The number of Topliss-reactive ketones (excluding diaryl/α,β-unsaturated/α-hetero) is 1. The van der Waals surface area contributed by atoms with Gasteiger partial charge < -0.3 is 9.84 Å². The lowest BCUT2D eigenvalue weighted by Gasteiger charge is -2.10. The van der Waals surface area contributed by atoms with Gasteiger partial charge in [0.15, 0.2) is 5.75 Å². The van der Waals surface area contributed by atoms with Crippen LogP contribution in [0.25, 0.3) is 0 Å². The van der Waals surface area contributed by atoms with Crippen LogP contribution in [-0.2, 0) is 4.79 Å². The minimum atomic E-state index is -1.66. The third-order valence-electron chi connectivity index (χ3n) is 1.97. The monoisotopic (exact) mass is 253 g/mol. The van der Waals surface area contributed by atoms with E-state index in [4.69, 9.17) is 9.84 Å². The molecule has 1 aromatic rings. The van der Waals surface area contributed by atoms with Crippen molar-refractivity contribution in [3.8, 4) is 5.75 Å². The molecule has 18 heavy (non-hydrogen) atoms. The van der Waals surface area contributed by atoms with Crippen molar-refractivity contribution in [1.82, 2.24) is 0 Å². The molecule has 0 aromatic heterocycles. The van der Waals surface area contributed by atoms with Crippen LogP contribution in [0.3, 0.4) is 0 Å². The standard InChI is InChI=1S/C11H11NO6/c1-6(2)18-9-4-3-7(10(13)11(14)15)5-8(9)12(16)17/h3-6H,1-2H3,(H,14,15). The Morgan fingerprint density at radius 1 is 1.39 bits per heavy atom. The van der Waals surface area contributed by atoms with Crippen molar-refractivity contribution >= 4 is 17.4 Å². The van der Waals surface area contributed by atoms with Gasteiger partial charge in [-0.15, -0.1) is 0 Å². The highest BCUT2D eigenvalue weighted by Gasteiger charge is 2.22. The van der Waals surface area contributed by atoms with Crippen molar-refractivity contribution in [3.63, 3.8) is 0 Å². The summed E-state index contributed by atoms with van der Waals surface area (Å²) in [6, 6.07) is 3.30. The lowest BCUT2D eigenvalue weighted by molar-refractivity contribution is -0.386. The van der Waals surface area contributed by atoms with Gasteiger partial charge in [-0.05, 0) is 26.0 Å². The van der Waals surface area contributed by atoms with E-state index >= 15 is 0 Å². The Bertz CT molecular complexity index is 508. The molecular weight excluding hydrogens is 242 g/mol. The van der Waals surface area contributed by atoms with Gasteiger partial charge in [-0.1, -0.05) is 0 Å². The number of hydrogen-bond donors (Lipinski definition) is 1. The van der Waals surface area contributed by atoms with Crippen LogP contribution in [0.15, 0.2) is 18.2 Å². The van der Waals surface area contributed by atoms with Gasteiger partial charge >= 0.3 is 11.7 Å². The molecule has 7 nitrogen and oxygen atoms in total. The molecule has 0 aliphatic heterocycles. The molecule has 7 heteroatoms. The Labute approximate surface area is 102 Å². The van der Waals surface area contributed by atoms with Crippen LogP contribution in [0, 0.1) is 10.1 Å². The van der Waals surface area contributed by atoms with Gasteiger partial charge in [0, 0.05) is 11.6 Å². The van der Waals surface area contributed by atoms with E-state index in [0.29, 0.717) is 0 Å². The number of benzene rings is 1. The molecule has 1 aromatic carbocycles. The van der Waals surface area contributed by atoms with Gasteiger partial charge in [-0.2, -0.15) is 0 Å². The number of ether oxygens (including phenoxy) is 1. The first-order valence-electron chi connectivity index (χ1n) is 5.05. The van der Waals surface area contributed by atoms with Crippen LogP contribution >= 0.6 is 0 Å². The second-order valence-corrected chi connectivity index (χ2v) is 3.74. The summed E-state index contributed by atoms with van der Waals surface area (Å²) in [5.74, 6) is -2.87. The van der Waals surface area contributed by atoms with Crippen molar-refractivity contribution in [1.29, 1.82) is 0 Å². The topological polar surface area (TPSA) is 107 Å². The quantitative estimate of drug-likeness (QED) is 0.370. The van der Waals surface area contributed by atoms with E-state index in [1.54, 1.807) is 13.8 Å². The molecule has 0 amide bonds. The fraction of sp³-hybridized carbons (Fsp3) is 0.273. The third kappa shape index (κ3) is 3.03. The maximum Gasteiger partial charge on any atom is 0.377 e. The van der Waals surface area contributed by atoms with Crippen molar-refractivity contribution in [2.45, 2.75) is 20.0 Å². The molecule has 0 saturated heterocycles. The zero-order valence-electron chi connectivity index (χ0n) is 9.75. The predicted molar refractivity (Wildman–Crippen MR) is 60.8 cm³/mol. The molecule has 0 aliphatic rings. The summed E-state index contributed by atoms with van der Waals surface area (Å²) in [6.07, 6.45) is -0.273. The van der Waals surface area contributed by atoms with Crippen LogP contribution in [0.5, 0.6) is 5.75 Å². The number of hydrogen-bond acceptors (Lipinski definition) is 5. The van der Waals surface area contributed by atoms with E-state index in [1.807, 2.05) is 0 Å². The summed E-state index contributed by atoms with van der Waals surface area (Å²) in [6.45, 7) is 3.39. The number of carbonyl (C=O) groups excluding carboxylic acids is 1. The van der Waals surface area contributed by atoms with Crippen LogP contribution in [0.4, 0.5) is 5.69 Å². The second-order valence-electron chi connectivity index (χ2n) is 3.74. The largest absolute Gasteiger partial charge is 0.484 e. The van der Waals surface area contributed by atoms with Gasteiger partial charge in [0.2, 0.25) is 0 Å².